The van der Waals surface area contributed by atoms with Crippen LogP contribution in [0.25, 0.3) is 0 Å². The second-order valence-electron chi connectivity index (χ2n) is 5.84. The number of hydrogen-bond acceptors (Lipinski definition) is 3. The third kappa shape index (κ3) is 4.96. The maximum Gasteiger partial charge on any atom is 0.469 e. The van der Waals surface area contributed by atoms with E-state index in [4.69, 9.17) is 0 Å². The van der Waals surface area contributed by atoms with Crippen LogP contribution in [0.3, 0.4) is 0 Å². The Morgan fingerprint density at radius 3 is 1.26 bits per heavy atom. The topological polar surface area (TPSA) is 15.7 Å². The van der Waals surface area contributed by atoms with Gasteiger partial charge in [-0.25, -0.2) is 14.5 Å². The molecule has 0 bridgehead atoms. The Kier molecular flexibility index (Phi) is 7.22. The molecular formula is C12H8F16N2O. The molecule has 0 aromatic carbocycles. The molecule has 184 valence electrons. The van der Waals surface area contributed by atoms with Gasteiger partial charge in [-0.2, -0.15) is 70.2 Å². The largest absolute Gasteiger partial charge is 0.469 e. The van der Waals surface area contributed by atoms with Gasteiger partial charge < -0.3 is 0 Å². The van der Waals surface area contributed by atoms with Crippen molar-refractivity contribution in [2.24, 2.45) is 0 Å². The van der Waals surface area contributed by atoms with E-state index in [9.17, 15) is 70.2 Å². The summed E-state index contributed by atoms with van der Waals surface area (Å²) < 4.78 is 208. The number of halogens is 16. The van der Waals surface area contributed by atoms with Crippen LogP contribution in [0.5, 0.6) is 0 Å². The molecule has 3 nitrogen and oxygen atoms in total. The number of alkyl halides is 13. The van der Waals surface area contributed by atoms with E-state index in [1.54, 1.807) is 0 Å². The van der Waals surface area contributed by atoms with Crippen LogP contribution in [0.2, 0.25) is 0 Å². The quantitative estimate of drug-likeness (QED) is 0.350. The molecular weight excluding hydrogens is 492 g/mol. The van der Waals surface area contributed by atoms with Gasteiger partial charge in [0.25, 0.3) is 5.83 Å². The molecule has 0 N–H and O–H groups in total. The van der Waals surface area contributed by atoms with Crippen LogP contribution >= 0.6 is 0 Å². The van der Waals surface area contributed by atoms with Crippen LogP contribution in [0.4, 0.5) is 70.2 Å². The number of hydrogen-bond donors (Lipinski definition) is 0. The van der Waals surface area contributed by atoms with Gasteiger partial charge in [-0.05, 0) is 0 Å². The molecule has 31 heavy (non-hydrogen) atoms. The van der Waals surface area contributed by atoms with E-state index in [1.165, 1.54) is 0 Å². The van der Waals surface area contributed by atoms with Gasteiger partial charge in [-0.3, -0.25) is 0 Å². The van der Waals surface area contributed by atoms with Crippen LogP contribution in [0, 0.1) is 0 Å². The lowest BCUT2D eigenvalue weighted by Gasteiger charge is -2.44. The third-order valence-electron chi connectivity index (χ3n) is 3.84. The van der Waals surface area contributed by atoms with E-state index in [0.29, 0.717) is 0 Å². The predicted octanol–water partition coefficient (Wildman–Crippen LogP) is 5.27. The van der Waals surface area contributed by atoms with Crippen LogP contribution in [-0.2, 0) is 4.74 Å². The van der Waals surface area contributed by atoms with Gasteiger partial charge in [0.1, 0.15) is 0 Å². The maximum atomic E-state index is 13.9. The van der Waals surface area contributed by atoms with Crippen molar-refractivity contribution in [2.45, 2.75) is 36.4 Å². The van der Waals surface area contributed by atoms with Gasteiger partial charge in [0.2, 0.25) is 0 Å². The van der Waals surface area contributed by atoms with Gasteiger partial charge in [0.05, 0.1) is 0 Å². The second-order valence-corrected chi connectivity index (χ2v) is 5.84. The van der Waals surface area contributed by atoms with E-state index in [1.807, 2.05) is 4.74 Å². The number of rotatable bonds is 7. The number of piperazine rings is 1. The highest BCUT2D eigenvalue weighted by Crippen LogP contribution is 2.51. The van der Waals surface area contributed by atoms with Crippen molar-refractivity contribution in [3.8, 4) is 0 Å². The molecule has 1 aliphatic rings. The lowest BCUT2D eigenvalue weighted by atomic mass is 10.2. The van der Waals surface area contributed by atoms with Crippen molar-refractivity contribution >= 4 is 0 Å². The van der Waals surface area contributed by atoms with Crippen molar-refractivity contribution in [1.82, 2.24) is 9.80 Å². The van der Waals surface area contributed by atoms with Crippen LogP contribution < -0.4 is 0 Å². The summed E-state index contributed by atoms with van der Waals surface area (Å²) in [6.45, 7) is -7.08. The molecule has 1 aliphatic heterocycles. The SMILES string of the molecule is FC(F)=C(F)C(F)(F)OC(F)(F)C(F)(F)C(F)(F)N1CCN(C(F)(F)C(F)(F)F)CC1. The summed E-state index contributed by atoms with van der Waals surface area (Å²) in [6.07, 6.45) is -23.7. The first-order valence-electron chi connectivity index (χ1n) is 7.39. The standard InChI is InChI=1S/C12H8F16N2O/c13-5(6(14)15)7(16,17)31-12(27,28)8(18,19)10(23,24)29-1-3-30(4-2-29)11(25,26)9(20,21)22/h1-4H2. The van der Waals surface area contributed by atoms with Gasteiger partial charge in [0, 0.05) is 26.2 Å². The summed E-state index contributed by atoms with van der Waals surface area (Å²) in [5.74, 6) is -11.1. The van der Waals surface area contributed by atoms with Crippen molar-refractivity contribution in [3.63, 3.8) is 0 Å². The smallest absolute Gasteiger partial charge is 0.244 e. The first kappa shape index (κ1) is 27.5. The summed E-state index contributed by atoms with van der Waals surface area (Å²) in [4.78, 5) is -1.84. The van der Waals surface area contributed by atoms with E-state index >= 15 is 0 Å². The minimum Gasteiger partial charge on any atom is -0.244 e. The Bertz CT molecular complexity index is 675. The molecule has 0 aliphatic carbocycles. The minimum absolute atomic E-state index is 0.787. The first-order valence-corrected chi connectivity index (χ1v) is 7.39. The zero-order chi connectivity index (χ0) is 24.8. The molecule has 0 aromatic heterocycles. The minimum atomic E-state index is -7.03. The van der Waals surface area contributed by atoms with Crippen molar-refractivity contribution in [1.29, 1.82) is 0 Å². The highest BCUT2D eigenvalue weighted by Gasteiger charge is 2.77. The second kappa shape index (κ2) is 8.13. The molecule has 1 fully saturated rings. The lowest BCUT2D eigenvalue weighted by Crippen LogP contribution is -2.68. The van der Waals surface area contributed by atoms with Gasteiger partial charge in [-0.1, -0.05) is 0 Å². The van der Waals surface area contributed by atoms with E-state index < -0.39 is 84.3 Å². The Labute approximate surface area is 160 Å². The summed E-state index contributed by atoms with van der Waals surface area (Å²) in [5, 5.41) is 0. The Morgan fingerprint density at radius 1 is 0.581 bits per heavy atom. The summed E-state index contributed by atoms with van der Waals surface area (Å²) in [6, 6.07) is -11.9. The van der Waals surface area contributed by atoms with Crippen LogP contribution in [0.15, 0.2) is 11.9 Å². The van der Waals surface area contributed by atoms with E-state index in [0.717, 1.165) is 0 Å². The molecule has 1 saturated heterocycles. The molecule has 0 unspecified atom stereocenters. The number of ether oxygens (including phenoxy) is 1. The average molecular weight is 500 g/mol. The molecule has 1 rings (SSSR count). The summed E-state index contributed by atoms with van der Waals surface area (Å²) in [5.41, 5.74) is 0. The molecule has 0 atom stereocenters. The lowest BCUT2D eigenvalue weighted by molar-refractivity contribution is -0.467. The molecule has 0 saturated carbocycles. The van der Waals surface area contributed by atoms with Crippen LogP contribution in [-0.4, -0.2) is 72.4 Å². The first-order chi connectivity index (χ1) is 13.5. The molecule has 0 radical (unpaired) electrons. The monoisotopic (exact) mass is 500 g/mol. The molecule has 0 aromatic rings. The molecule has 1 heterocycles. The Morgan fingerprint density at radius 2 is 0.935 bits per heavy atom. The third-order valence-corrected chi connectivity index (χ3v) is 3.84. The average Bonchev–Trinajstić information content (AvgIpc) is 2.58. The zero-order valence-corrected chi connectivity index (χ0v) is 14.2. The highest BCUT2D eigenvalue weighted by atomic mass is 19.4. The van der Waals surface area contributed by atoms with Crippen molar-refractivity contribution in [2.75, 3.05) is 26.2 Å². The normalized spacial score (nSPS) is 19.0. The van der Waals surface area contributed by atoms with Crippen LogP contribution in [0.1, 0.15) is 0 Å². The molecule has 19 heteroatoms. The fourth-order valence-corrected chi connectivity index (χ4v) is 2.20. The highest BCUT2D eigenvalue weighted by molar-refractivity contribution is 5.02. The Hall–Kier alpha value is -1.50. The van der Waals surface area contributed by atoms with E-state index in [-0.39, 0.29) is 0 Å². The van der Waals surface area contributed by atoms with Gasteiger partial charge >= 0.3 is 42.5 Å². The number of nitrogens with zero attached hydrogens (tertiary/aromatic N) is 2. The molecule has 0 amide bonds. The Balaban J connectivity index is 3.08. The summed E-state index contributed by atoms with van der Waals surface area (Å²) >= 11 is 0. The van der Waals surface area contributed by atoms with Crippen molar-refractivity contribution in [3.05, 3.63) is 11.9 Å². The molecule has 0 spiro atoms. The zero-order valence-electron chi connectivity index (χ0n) is 14.2. The fourth-order valence-electron chi connectivity index (χ4n) is 2.20. The van der Waals surface area contributed by atoms with E-state index in [2.05, 4.69) is 0 Å². The fraction of sp³-hybridized carbons (Fsp3) is 0.833. The predicted molar refractivity (Wildman–Crippen MR) is 65.4 cm³/mol. The van der Waals surface area contributed by atoms with Gasteiger partial charge in [0.15, 0.2) is 0 Å². The maximum absolute atomic E-state index is 13.9. The van der Waals surface area contributed by atoms with Crippen molar-refractivity contribution < 1.29 is 75.0 Å². The summed E-state index contributed by atoms with van der Waals surface area (Å²) in [7, 11) is 0. The van der Waals surface area contributed by atoms with Gasteiger partial charge in [-0.15, -0.1) is 0 Å².